The summed E-state index contributed by atoms with van der Waals surface area (Å²) in [5.41, 5.74) is 4.11. The summed E-state index contributed by atoms with van der Waals surface area (Å²) < 4.78 is 7.43. The molecule has 136 valence electrons. The van der Waals surface area contributed by atoms with Crippen molar-refractivity contribution in [1.82, 2.24) is 9.38 Å². The highest BCUT2D eigenvalue weighted by Crippen LogP contribution is 2.32. The molecule has 3 aromatic rings. The molecule has 0 unspecified atom stereocenters. The van der Waals surface area contributed by atoms with Gasteiger partial charge in [0.15, 0.2) is 0 Å². The highest BCUT2D eigenvalue weighted by Gasteiger charge is 2.23. The number of anilines is 1. The topological polar surface area (TPSA) is 42.5 Å². The number of imidazole rings is 1. The maximum absolute atomic E-state index is 5.28. The van der Waals surface area contributed by atoms with Crippen LogP contribution in [0.2, 0.25) is 0 Å². The van der Waals surface area contributed by atoms with Gasteiger partial charge in [0.25, 0.3) is 0 Å². The number of nitrogens with one attached hydrogen (secondary N) is 1. The van der Waals surface area contributed by atoms with Gasteiger partial charge in [-0.05, 0) is 44.9 Å². The molecule has 3 aromatic heterocycles. The molecule has 0 radical (unpaired) electrons. The lowest BCUT2D eigenvalue weighted by Gasteiger charge is -2.28. The number of furan rings is 1. The minimum Gasteiger partial charge on any atom is -0.472 e. The van der Waals surface area contributed by atoms with Crippen LogP contribution in [0, 0.1) is 6.92 Å². The Labute approximate surface area is 156 Å². The maximum atomic E-state index is 5.28. The first kappa shape index (κ1) is 19.4. The zero-order valence-electron chi connectivity index (χ0n) is 15.5. The van der Waals surface area contributed by atoms with Gasteiger partial charge in [0.2, 0.25) is 0 Å². The van der Waals surface area contributed by atoms with E-state index in [4.69, 9.17) is 9.40 Å². The number of nitrogens with zero attached hydrogens (tertiary/aromatic N) is 2. The molecule has 25 heavy (non-hydrogen) atoms. The molecule has 0 aliphatic heterocycles. The fourth-order valence-corrected chi connectivity index (χ4v) is 3.07. The summed E-state index contributed by atoms with van der Waals surface area (Å²) >= 11 is 0. The van der Waals surface area contributed by atoms with E-state index in [0.717, 1.165) is 29.1 Å². The summed E-state index contributed by atoms with van der Waals surface area (Å²) in [6.07, 6.45) is 10.5. The fraction of sp³-hybridized carbons (Fsp3) is 0.450. The molecule has 0 atom stereocenters. The van der Waals surface area contributed by atoms with Gasteiger partial charge in [0.05, 0.1) is 12.5 Å². The minimum absolute atomic E-state index is 0. The Kier molecular flexibility index (Phi) is 6.17. The van der Waals surface area contributed by atoms with Crippen molar-refractivity contribution < 1.29 is 4.42 Å². The molecular formula is C20H28ClN3O. The molecule has 0 aliphatic rings. The predicted octanol–water partition coefficient (Wildman–Crippen LogP) is 6.10. The number of pyridine rings is 1. The summed E-state index contributed by atoms with van der Waals surface area (Å²) in [5, 5.41) is 3.74. The fourth-order valence-electron chi connectivity index (χ4n) is 3.07. The van der Waals surface area contributed by atoms with E-state index in [1.807, 2.05) is 6.07 Å². The number of unbranched alkanes of at least 4 members (excludes halogenated alkanes) is 2. The van der Waals surface area contributed by atoms with Crippen LogP contribution in [0.3, 0.4) is 0 Å². The Bertz CT molecular complexity index is 806. The predicted molar refractivity (Wildman–Crippen MR) is 107 cm³/mol. The lowest BCUT2D eigenvalue weighted by atomic mass is 9.96. The maximum Gasteiger partial charge on any atom is 0.139 e. The van der Waals surface area contributed by atoms with E-state index >= 15 is 0 Å². The molecule has 0 amide bonds. The Morgan fingerprint density at radius 1 is 1.20 bits per heavy atom. The third-order valence-electron chi connectivity index (χ3n) is 4.42. The molecule has 0 fully saturated rings. The highest BCUT2D eigenvalue weighted by atomic mass is 35.5. The van der Waals surface area contributed by atoms with E-state index in [0.29, 0.717) is 0 Å². The van der Waals surface area contributed by atoms with Crippen LogP contribution in [-0.2, 0) is 0 Å². The molecule has 1 N–H and O–H groups in total. The summed E-state index contributed by atoms with van der Waals surface area (Å²) in [7, 11) is 0. The Morgan fingerprint density at radius 3 is 2.68 bits per heavy atom. The third-order valence-corrected chi connectivity index (χ3v) is 4.42. The number of hydrogen-bond donors (Lipinski definition) is 1. The molecule has 0 spiro atoms. The van der Waals surface area contributed by atoms with Crippen LogP contribution in [0.5, 0.6) is 0 Å². The van der Waals surface area contributed by atoms with E-state index in [-0.39, 0.29) is 17.9 Å². The molecule has 3 rings (SSSR count). The quantitative estimate of drug-likeness (QED) is 0.517. The lowest BCUT2D eigenvalue weighted by Crippen LogP contribution is -2.31. The average Bonchev–Trinajstić information content (AvgIpc) is 3.16. The first-order valence-electron chi connectivity index (χ1n) is 8.79. The van der Waals surface area contributed by atoms with Gasteiger partial charge in [-0.3, -0.25) is 4.40 Å². The van der Waals surface area contributed by atoms with Gasteiger partial charge in [0.1, 0.15) is 17.2 Å². The molecule has 3 heterocycles. The zero-order chi connectivity index (χ0) is 17.2. The first-order chi connectivity index (χ1) is 11.5. The third kappa shape index (κ3) is 4.37. The van der Waals surface area contributed by atoms with Crippen LogP contribution in [0.25, 0.3) is 16.9 Å². The van der Waals surface area contributed by atoms with Gasteiger partial charge in [-0.1, -0.05) is 32.3 Å². The van der Waals surface area contributed by atoms with Crippen LogP contribution in [0.1, 0.15) is 52.0 Å². The summed E-state index contributed by atoms with van der Waals surface area (Å²) in [5.74, 6) is 1.04. The van der Waals surface area contributed by atoms with Gasteiger partial charge in [0, 0.05) is 17.3 Å². The van der Waals surface area contributed by atoms with Gasteiger partial charge in [-0.2, -0.15) is 0 Å². The van der Waals surface area contributed by atoms with Gasteiger partial charge in [-0.15, -0.1) is 12.4 Å². The number of fused-ring (bicyclic) bond motifs is 1. The van der Waals surface area contributed by atoms with Crippen molar-refractivity contribution in [2.24, 2.45) is 0 Å². The van der Waals surface area contributed by atoms with Crippen LogP contribution < -0.4 is 5.32 Å². The van der Waals surface area contributed by atoms with Crippen molar-refractivity contribution in [2.75, 3.05) is 5.32 Å². The largest absolute Gasteiger partial charge is 0.472 e. The van der Waals surface area contributed by atoms with Gasteiger partial charge >= 0.3 is 0 Å². The van der Waals surface area contributed by atoms with E-state index in [2.05, 4.69) is 55.7 Å². The normalized spacial score (nSPS) is 11.5. The molecule has 0 aromatic carbocycles. The Balaban J connectivity index is 0.00000225. The summed E-state index contributed by atoms with van der Waals surface area (Å²) in [6, 6.07) is 6.12. The van der Waals surface area contributed by atoms with E-state index in [1.54, 1.807) is 12.5 Å². The molecule has 0 saturated carbocycles. The molecule has 5 heteroatoms. The Morgan fingerprint density at radius 2 is 2.00 bits per heavy atom. The average molecular weight is 362 g/mol. The van der Waals surface area contributed by atoms with Crippen molar-refractivity contribution in [3.63, 3.8) is 0 Å². The van der Waals surface area contributed by atoms with E-state index < -0.39 is 0 Å². The molecule has 0 aliphatic carbocycles. The zero-order valence-corrected chi connectivity index (χ0v) is 16.3. The number of halogens is 1. The van der Waals surface area contributed by atoms with E-state index in [1.165, 1.54) is 24.8 Å². The number of hydrogen-bond acceptors (Lipinski definition) is 3. The van der Waals surface area contributed by atoms with Crippen LogP contribution in [0.15, 0.2) is 41.3 Å². The summed E-state index contributed by atoms with van der Waals surface area (Å²) in [6.45, 7) is 8.87. The van der Waals surface area contributed by atoms with Crippen molar-refractivity contribution in [3.05, 3.63) is 42.5 Å². The molecule has 0 saturated heterocycles. The van der Waals surface area contributed by atoms with Crippen molar-refractivity contribution in [1.29, 1.82) is 0 Å². The monoisotopic (exact) mass is 361 g/mol. The van der Waals surface area contributed by atoms with Crippen LogP contribution in [0.4, 0.5) is 5.82 Å². The molecule has 4 nitrogen and oxygen atoms in total. The van der Waals surface area contributed by atoms with Crippen LogP contribution in [-0.4, -0.2) is 14.9 Å². The van der Waals surface area contributed by atoms with Gasteiger partial charge in [-0.25, -0.2) is 4.98 Å². The van der Waals surface area contributed by atoms with Crippen molar-refractivity contribution >= 4 is 23.9 Å². The van der Waals surface area contributed by atoms with Crippen molar-refractivity contribution in [2.45, 2.75) is 58.9 Å². The second-order valence-corrected chi connectivity index (χ2v) is 7.22. The second kappa shape index (κ2) is 7.96. The SMILES string of the molecule is CCCCCC(C)(C)Nc1c(-c2ccoc2)nc2ccc(C)cn12.Cl. The lowest BCUT2D eigenvalue weighted by molar-refractivity contribution is 0.482. The minimum atomic E-state index is 0. The first-order valence-corrected chi connectivity index (χ1v) is 8.79. The smallest absolute Gasteiger partial charge is 0.139 e. The number of aryl methyl sites for hydroxylation is 1. The van der Waals surface area contributed by atoms with Crippen LogP contribution >= 0.6 is 12.4 Å². The number of rotatable bonds is 7. The molecule has 0 bridgehead atoms. The van der Waals surface area contributed by atoms with E-state index in [9.17, 15) is 0 Å². The number of aromatic nitrogens is 2. The van der Waals surface area contributed by atoms with Crippen molar-refractivity contribution in [3.8, 4) is 11.3 Å². The standard InChI is InChI=1S/C20H27N3O.ClH/c1-5-6-7-11-20(3,4)22-19-18(16-10-12-24-14-16)21-17-9-8-15(2)13-23(17)19;/h8-10,12-14,22H,5-7,11H2,1-4H3;1H. The van der Waals surface area contributed by atoms with Gasteiger partial charge < -0.3 is 9.73 Å². The molecular weight excluding hydrogens is 334 g/mol. The second-order valence-electron chi connectivity index (χ2n) is 7.22. The Hall–Kier alpha value is -1.94. The summed E-state index contributed by atoms with van der Waals surface area (Å²) in [4.78, 5) is 4.82. The highest BCUT2D eigenvalue weighted by molar-refractivity contribution is 5.85.